The van der Waals surface area contributed by atoms with Crippen LogP contribution in [-0.4, -0.2) is 50.8 Å². The van der Waals surface area contributed by atoms with Gasteiger partial charge in [0.05, 0.1) is 12.7 Å². The molecular formula is C13H23N3O. The van der Waals surface area contributed by atoms with Gasteiger partial charge in [0.2, 0.25) is 0 Å². The van der Waals surface area contributed by atoms with Crippen LogP contribution in [0.15, 0.2) is 12.2 Å². The minimum Gasteiger partial charge on any atom is -0.383 e. The van der Waals surface area contributed by atoms with Crippen LogP contribution < -0.4 is 5.32 Å². The van der Waals surface area contributed by atoms with Gasteiger partial charge in [0, 0.05) is 45.8 Å². The van der Waals surface area contributed by atoms with Crippen LogP contribution in [-0.2, 0) is 4.74 Å². The molecule has 0 unspecified atom stereocenters. The SMILES string of the molecule is C=C(CNC1CC1)CN(CCC#N)CCOC. The monoisotopic (exact) mass is 237 g/mol. The van der Waals surface area contributed by atoms with Crippen LogP contribution in [0.1, 0.15) is 19.3 Å². The molecule has 4 nitrogen and oxygen atoms in total. The average molecular weight is 237 g/mol. The van der Waals surface area contributed by atoms with Crippen molar-refractivity contribution in [2.45, 2.75) is 25.3 Å². The van der Waals surface area contributed by atoms with Crippen LogP contribution in [0.25, 0.3) is 0 Å². The Bertz CT molecular complexity index is 268. The molecule has 0 spiro atoms. The van der Waals surface area contributed by atoms with Gasteiger partial charge in [-0.15, -0.1) is 0 Å². The summed E-state index contributed by atoms with van der Waals surface area (Å²) >= 11 is 0. The molecule has 0 saturated heterocycles. The van der Waals surface area contributed by atoms with E-state index in [4.69, 9.17) is 10.00 Å². The van der Waals surface area contributed by atoms with E-state index in [2.05, 4.69) is 22.9 Å². The number of methoxy groups -OCH3 is 1. The largest absolute Gasteiger partial charge is 0.383 e. The van der Waals surface area contributed by atoms with Crippen molar-refractivity contribution in [2.24, 2.45) is 0 Å². The Morgan fingerprint density at radius 2 is 2.29 bits per heavy atom. The van der Waals surface area contributed by atoms with E-state index in [0.717, 1.165) is 32.2 Å². The van der Waals surface area contributed by atoms with Gasteiger partial charge in [0.1, 0.15) is 0 Å². The minimum absolute atomic E-state index is 0.563. The van der Waals surface area contributed by atoms with Gasteiger partial charge in [-0.05, 0) is 18.4 Å². The van der Waals surface area contributed by atoms with Gasteiger partial charge in [-0.1, -0.05) is 6.58 Å². The molecule has 1 rings (SSSR count). The lowest BCUT2D eigenvalue weighted by atomic mass is 10.2. The topological polar surface area (TPSA) is 48.3 Å². The van der Waals surface area contributed by atoms with E-state index in [1.807, 2.05) is 0 Å². The third-order valence-corrected chi connectivity index (χ3v) is 2.82. The van der Waals surface area contributed by atoms with Gasteiger partial charge in [-0.2, -0.15) is 5.26 Å². The Labute approximate surface area is 104 Å². The van der Waals surface area contributed by atoms with Crippen molar-refractivity contribution >= 4 is 0 Å². The van der Waals surface area contributed by atoms with Crippen LogP contribution in [0.5, 0.6) is 0 Å². The molecule has 0 aromatic carbocycles. The Kier molecular flexibility index (Phi) is 6.87. The fraction of sp³-hybridized carbons (Fsp3) is 0.769. The Balaban J connectivity index is 2.19. The molecule has 1 aliphatic rings. The maximum Gasteiger partial charge on any atom is 0.0635 e. The van der Waals surface area contributed by atoms with E-state index in [-0.39, 0.29) is 0 Å². The predicted octanol–water partition coefficient (Wildman–Crippen LogP) is 1.16. The molecule has 1 aliphatic carbocycles. The van der Waals surface area contributed by atoms with Crippen molar-refractivity contribution in [1.29, 1.82) is 5.26 Å². The van der Waals surface area contributed by atoms with Crippen LogP contribution in [0.2, 0.25) is 0 Å². The quantitative estimate of drug-likeness (QED) is 0.579. The number of hydrogen-bond acceptors (Lipinski definition) is 4. The molecule has 17 heavy (non-hydrogen) atoms. The van der Waals surface area contributed by atoms with Crippen molar-refractivity contribution in [3.05, 3.63) is 12.2 Å². The second kappa shape index (κ2) is 8.24. The molecule has 96 valence electrons. The van der Waals surface area contributed by atoms with Gasteiger partial charge in [0.15, 0.2) is 0 Å². The first-order valence-corrected chi connectivity index (χ1v) is 6.24. The highest BCUT2D eigenvalue weighted by Crippen LogP contribution is 2.18. The first-order chi connectivity index (χ1) is 8.26. The lowest BCUT2D eigenvalue weighted by Crippen LogP contribution is -2.33. The molecule has 0 aromatic rings. The van der Waals surface area contributed by atoms with Crippen LogP contribution in [0, 0.1) is 11.3 Å². The molecule has 0 amide bonds. The summed E-state index contributed by atoms with van der Waals surface area (Å²) in [6, 6.07) is 2.90. The second-order valence-corrected chi connectivity index (χ2v) is 4.58. The van der Waals surface area contributed by atoms with E-state index in [1.54, 1.807) is 7.11 Å². The Morgan fingerprint density at radius 1 is 1.53 bits per heavy atom. The third kappa shape index (κ3) is 7.11. The van der Waals surface area contributed by atoms with E-state index >= 15 is 0 Å². The molecule has 4 heteroatoms. The number of nitrogens with one attached hydrogen (secondary N) is 1. The van der Waals surface area contributed by atoms with E-state index in [9.17, 15) is 0 Å². The van der Waals surface area contributed by atoms with E-state index in [0.29, 0.717) is 13.0 Å². The zero-order valence-corrected chi connectivity index (χ0v) is 10.7. The van der Waals surface area contributed by atoms with Crippen molar-refractivity contribution < 1.29 is 4.74 Å². The van der Waals surface area contributed by atoms with Crippen molar-refractivity contribution in [2.75, 3.05) is 39.9 Å². The van der Waals surface area contributed by atoms with Crippen LogP contribution in [0.4, 0.5) is 0 Å². The normalized spacial score (nSPS) is 14.9. The number of ether oxygens (including phenoxy) is 1. The molecule has 1 fully saturated rings. The summed E-state index contributed by atoms with van der Waals surface area (Å²) in [6.07, 6.45) is 3.16. The summed E-state index contributed by atoms with van der Waals surface area (Å²) in [5, 5.41) is 12.1. The molecule has 0 heterocycles. The summed E-state index contributed by atoms with van der Waals surface area (Å²) in [6.45, 7) is 8.18. The fourth-order valence-electron chi connectivity index (χ4n) is 1.65. The summed E-state index contributed by atoms with van der Waals surface area (Å²) in [5.41, 5.74) is 1.19. The first-order valence-electron chi connectivity index (χ1n) is 6.24. The smallest absolute Gasteiger partial charge is 0.0635 e. The molecule has 0 atom stereocenters. The third-order valence-electron chi connectivity index (χ3n) is 2.82. The van der Waals surface area contributed by atoms with E-state index < -0.39 is 0 Å². The molecule has 1 N–H and O–H groups in total. The van der Waals surface area contributed by atoms with Gasteiger partial charge in [-0.25, -0.2) is 0 Å². The summed E-state index contributed by atoms with van der Waals surface area (Å²) in [7, 11) is 1.70. The number of rotatable bonds is 10. The highest BCUT2D eigenvalue weighted by atomic mass is 16.5. The highest BCUT2D eigenvalue weighted by Gasteiger charge is 2.20. The van der Waals surface area contributed by atoms with Crippen molar-refractivity contribution in [1.82, 2.24) is 10.2 Å². The van der Waals surface area contributed by atoms with Crippen LogP contribution >= 0.6 is 0 Å². The number of nitrogens with zero attached hydrogens (tertiary/aromatic N) is 2. The lowest BCUT2D eigenvalue weighted by molar-refractivity contribution is 0.154. The highest BCUT2D eigenvalue weighted by molar-refractivity contribution is 5.02. The summed E-state index contributed by atoms with van der Waals surface area (Å²) in [5.74, 6) is 0. The maximum atomic E-state index is 8.62. The molecule has 0 aromatic heterocycles. The van der Waals surface area contributed by atoms with Crippen molar-refractivity contribution in [3.63, 3.8) is 0 Å². The minimum atomic E-state index is 0.563. The molecular weight excluding hydrogens is 214 g/mol. The van der Waals surface area contributed by atoms with Gasteiger partial charge < -0.3 is 10.1 Å². The first kappa shape index (κ1) is 14.2. The molecule has 0 radical (unpaired) electrons. The van der Waals surface area contributed by atoms with E-state index in [1.165, 1.54) is 18.4 Å². The number of hydrogen-bond donors (Lipinski definition) is 1. The zero-order chi connectivity index (χ0) is 12.5. The lowest BCUT2D eigenvalue weighted by Gasteiger charge is -2.22. The zero-order valence-electron chi connectivity index (χ0n) is 10.7. The average Bonchev–Trinajstić information content (AvgIpc) is 3.14. The van der Waals surface area contributed by atoms with Crippen LogP contribution in [0.3, 0.4) is 0 Å². The summed E-state index contributed by atoms with van der Waals surface area (Å²) < 4.78 is 5.07. The summed E-state index contributed by atoms with van der Waals surface area (Å²) in [4.78, 5) is 2.23. The number of nitriles is 1. The van der Waals surface area contributed by atoms with Gasteiger partial charge in [0.25, 0.3) is 0 Å². The molecule has 0 aliphatic heterocycles. The standard InChI is InChI=1S/C13H23N3O/c1-12(10-15-13-4-5-13)11-16(7-3-6-14)8-9-17-2/h13,15H,1,3-5,7-11H2,2H3. The second-order valence-electron chi connectivity index (χ2n) is 4.58. The Hall–Kier alpha value is -0.890. The Morgan fingerprint density at radius 3 is 2.88 bits per heavy atom. The fourth-order valence-corrected chi connectivity index (χ4v) is 1.65. The van der Waals surface area contributed by atoms with Gasteiger partial charge >= 0.3 is 0 Å². The van der Waals surface area contributed by atoms with Crippen molar-refractivity contribution in [3.8, 4) is 6.07 Å². The molecule has 1 saturated carbocycles. The molecule has 0 bridgehead atoms. The maximum absolute atomic E-state index is 8.62. The predicted molar refractivity (Wildman–Crippen MR) is 68.7 cm³/mol. The van der Waals surface area contributed by atoms with Gasteiger partial charge in [-0.3, -0.25) is 4.90 Å².